The topological polar surface area (TPSA) is 13.1 Å². The van der Waals surface area contributed by atoms with Crippen LogP contribution in [0.5, 0.6) is 0 Å². The van der Waals surface area contributed by atoms with E-state index in [0.717, 1.165) is 11.2 Å². The molecule has 0 saturated carbocycles. The second-order valence-corrected chi connectivity index (χ2v) is 5.90. The summed E-state index contributed by atoms with van der Waals surface area (Å²) in [4.78, 5) is 0. The summed E-state index contributed by atoms with van der Waals surface area (Å²) in [5, 5.41) is 7.40. The van der Waals surface area contributed by atoms with Crippen molar-refractivity contribution < 1.29 is 4.42 Å². The van der Waals surface area contributed by atoms with Gasteiger partial charge in [0.05, 0.1) is 0 Å². The molecule has 0 fully saturated rings. The van der Waals surface area contributed by atoms with Gasteiger partial charge in [-0.25, -0.2) is 0 Å². The zero-order chi connectivity index (χ0) is 14.7. The van der Waals surface area contributed by atoms with Crippen molar-refractivity contribution in [2.24, 2.45) is 0 Å². The third kappa shape index (κ3) is 1.48. The Hall–Kier alpha value is -2.80. The molecular weight excluding hydrogens is 268 g/mol. The smallest absolute Gasteiger partial charge is 0.138 e. The monoisotopic (exact) mass is 282 g/mol. The summed E-state index contributed by atoms with van der Waals surface area (Å²) in [5.41, 5.74) is 3.18. The van der Waals surface area contributed by atoms with Crippen molar-refractivity contribution in [3.63, 3.8) is 0 Å². The highest BCUT2D eigenvalue weighted by molar-refractivity contribution is 6.14. The predicted octanol–water partition coefficient (Wildman–Crippen LogP) is 6.20. The Morgan fingerprint density at radius 2 is 1.27 bits per heavy atom. The van der Waals surface area contributed by atoms with Gasteiger partial charge in [0.2, 0.25) is 0 Å². The second-order valence-electron chi connectivity index (χ2n) is 5.90. The molecule has 0 unspecified atom stereocenters. The average Bonchev–Trinajstić information content (AvgIpc) is 2.91. The Morgan fingerprint density at radius 1 is 0.636 bits per heavy atom. The van der Waals surface area contributed by atoms with E-state index in [1.165, 1.54) is 37.9 Å². The lowest BCUT2D eigenvalue weighted by atomic mass is 10.0. The lowest BCUT2D eigenvalue weighted by Crippen LogP contribution is -1.79. The number of rotatable bonds is 0. The summed E-state index contributed by atoms with van der Waals surface area (Å²) in [6.45, 7) is 2.15. The third-order valence-electron chi connectivity index (χ3n) is 4.60. The normalized spacial score (nSPS) is 11.9. The average molecular weight is 282 g/mol. The summed E-state index contributed by atoms with van der Waals surface area (Å²) in [6, 6.07) is 23.6. The first kappa shape index (κ1) is 11.8. The fourth-order valence-corrected chi connectivity index (χ4v) is 3.47. The maximum absolute atomic E-state index is 6.20. The number of hydrogen-bond acceptors (Lipinski definition) is 1. The molecular formula is C21H14O. The molecule has 22 heavy (non-hydrogen) atoms. The van der Waals surface area contributed by atoms with Gasteiger partial charge >= 0.3 is 0 Å². The summed E-state index contributed by atoms with van der Waals surface area (Å²) in [5.74, 6) is 0. The van der Waals surface area contributed by atoms with Gasteiger partial charge in [-0.05, 0) is 46.7 Å². The highest BCUT2D eigenvalue weighted by atomic mass is 16.3. The second kappa shape index (κ2) is 4.11. The van der Waals surface area contributed by atoms with E-state index in [1.807, 2.05) is 0 Å². The van der Waals surface area contributed by atoms with Gasteiger partial charge in [0.1, 0.15) is 11.2 Å². The van der Waals surface area contributed by atoms with Crippen LogP contribution in [0.4, 0.5) is 0 Å². The zero-order valence-electron chi connectivity index (χ0n) is 12.3. The number of hydrogen-bond donors (Lipinski definition) is 0. The highest BCUT2D eigenvalue weighted by Gasteiger charge is 2.12. The highest BCUT2D eigenvalue weighted by Crippen LogP contribution is 2.36. The minimum absolute atomic E-state index is 0.965. The summed E-state index contributed by atoms with van der Waals surface area (Å²) < 4.78 is 6.20. The minimum atomic E-state index is 0.965. The van der Waals surface area contributed by atoms with Crippen LogP contribution < -0.4 is 0 Å². The quantitative estimate of drug-likeness (QED) is 0.329. The van der Waals surface area contributed by atoms with E-state index < -0.39 is 0 Å². The van der Waals surface area contributed by atoms with Crippen molar-refractivity contribution in [1.29, 1.82) is 0 Å². The van der Waals surface area contributed by atoms with Crippen LogP contribution >= 0.6 is 0 Å². The first-order chi connectivity index (χ1) is 10.8. The van der Waals surface area contributed by atoms with Gasteiger partial charge in [0.15, 0.2) is 0 Å². The molecule has 4 aromatic carbocycles. The SMILES string of the molecule is Cc1c2ccccc2cc2c1oc1cc3ccccc3cc12. The van der Waals surface area contributed by atoms with Crippen LogP contribution in [-0.4, -0.2) is 0 Å². The van der Waals surface area contributed by atoms with Gasteiger partial charge in [-0.15, -0.1) is 0 Å². The molecule has 1 heteroatoms. The Labute approximate surface area is 127 Å². The fraction of sp³-hybridized carbons (Fsp3) is 0.0476. The van der Waals surface area contributed by atoms with Gasteiger partial charge in [-0.2, -0.15) is 0 Å². The lowest BCUT2D eigenvalue weighted by Gasteiger charge is -2.02. The number of aryl methyl sites for hydroxylation is 1. The minimum Gasteiger partial charge on any atom is -0.456 e. The van der Waals surface area contributed by atoms with E-state index in [2.05, 4.69) is 73.7 Å². The van der Waals surface area contributed by atoms with Gasteiger partial charge in [0.25, 0.3) is 0 Å². The van der Waals surface area contributed by atoms with Gasteiger partial charge < -0.3 is 4.42 Å². The number of furan rings is 1. The van der Waals surface area contributed by atoms with Crippen molar-refractivity contribution in [3.8, 4) is 0 Å². The maximum atomic E-state index is 6.20. The maximum Gasteiger partial charge on any atom is 0.138 e. The molecule has 0 radical (unpaired) electrons. The summed E-state index contributed by atoms with van der Waals surface area (Å²) in [7, 11) is 0. The lowest BCUT2D eigenvalue weighted by molar-refractivity contribution is 0.667. The molecule has 1 aromatic heterocycles. The number of fused-ring (bicyclic) bond motifs is 5. The van der Waals surface area contributed by atoms with Crippen LogP contribution in [0.2, 0.25) is 0 Å². The Morgan fingerprint density at radius 3 is 2.09 bits per heavy atom. The third-order valence-corrected chi connectivity index (χ3v) is 4.60. The van der Waals surface area contributed by atoms with Crippen molar-refractivity contribution in [3.05, 3.63) is 72.3 Å². The van der Waals surface area contributed by atoms with Crippen molar-refractivity contribution in [2.45, 2.75) is 6.92 Å². The Bertz CT molecular complexity index is 1180. The molecule has 0 aliphatic carbocycles. The predicted molar refractivity (Wildman–Crippen MR) is 93.5 cm³/mol. The van der Waals surface area contributed by atoms with E-state index in [4.69, 9.17) is 4.42 Å². The molecule has 1 nitrogen and oxygen atoms in total. The molecule has 0 aliphatic rings. The van der Waals surface area contributed by atoms with Crippen molar-refractivity contribution in [2.75, 3.05) is 0 Å². The zero-order valence-corrected chi connectivity index (χ0v) is 12.3. The van der Waals surface area contributed by atoms with E-state index >= 15 is 0 Å². The molecule has 104 valence electrons. The van der Waals surface area contributed by atoms with Crippen LogP contribution in [-0.2, 0) is 0 Å². The molecule has 0 aliphatic heterocycles. The van der Waals surface area contributed by atoms with E-state index in [1.54, 1.807) is 0 Å². The van der Waals surface area contributed by atoms with Crippen LogP contribution in [0, 0.1) is 6.92 Å². The van der Waals surface area contributed by atoms with Gasteiger partial charge in [-0.1, -0.05) is 48.5 Å². The van der Waals surface area contributed by atoms with Crippen molar-refractivity contribution in [1.82, 2.24) is 0 Å². The van der Waals surface area contributed by atoms with Crippen molar-refractivity contribution >= 4 is 43.5 Å². The van der Waals surface area contributed by atoms with Crippen LogP contribution in [0.15, 0.2) is 71.1 Å². The molecule has 5 aromatic rings. The van der Waals surface area contributed by atoms with Crippen LogP contribution in [0.3, 0.4) is 0 Å². The summed E-state index contributed by atoms with van der Waals surface area (Å²) >= 11 is 0. The van der Waals surface area contributed by atoms with E-state index in [9.17, 15) is 0 Å². The Kier molecular flexibility index (Phi) is 2.21. The Balaban J connectivity index is 2.04. The fourth-order valence-electron chi connectivity index (χ4n) is 3.47. The molecule has 0 spiro atoms. The van der Waals surface area contributed by atoms with Crippen LogP contribution in [0.25, 0.3) is 43.5 Å². The molecule has 5 rings (SSSR count). The van der Waals surface area contributed by atoms with E-state index in [-0.39, 0.29) is 0 Å². The molecule has 0 N–H and O–H groups in total. The van der Waals surface area contributed by atoms with Gasteiger partial charge in [0, 0.05) is 16.3 Å². The molecule has 0 bridgehead atoms. The summed E-state index contributed by atoms with van der Waals surface area (Å²) in [6.07, 6.45) is 0. The first-order valence-electron chi connectivity index (χ1n) is 7.54. The molecule has 0 saturated heterocycles. The first-order valence-corrected chi connectivity index (χ1v) is 7.54. The molecule has 0 amide bonds. The molecule has 0 atom stereocenters. The standard InChI is InChI=1S/C21H14O/c1-13-17-9-5-4-8-16(17)11-19-18-10-14-6-2-3-7-15(14)12-20(18)22-21(13)19/h2-12H,1H3. The number of benzene rings is 4. The largest absolute Gasteiger partial charge is 0.456 e. The molecule has 1 heterocycles. The van der Waals surface area contributed by atoms with Crippen LogP contribution in [0.1, 0.15) is 5.56 Å². The van der Waals surface area contributed by atoms with E-state index in [0.29, 0.717) is 0 Å². The van der Waals surface area contributed by atoms with Gasteiger partial charge in [-0.3, -0.25) is 0 Å².